The van der Waals surface area contributed by atoms with E-state index < -0.39 is 0 Å². The van der Waals surface area contributed by atoms with Gasteiger partial charge in [0.2, 0.25) is 5.91 Å². The van der Waals surface area contributed by atoms with Crippen molar-refractivity contribution in [3.63, 3.8) is 0 Å². The summed E-state index contributed by atoms with van der Waals surface area (Å²) in [5.41, 5.74) is 5.35. The second kappa shape index (κ2) is 3.87. The summed E-state index contributed by atoms with van der Waals surface area (Å²) in [6, 6.07) is 1.24. The van der Waals surface area contributed by atoms with Crippen molar-refractivity contribution in [2.24, 2.45) is 11.7 Å². The number of hydrogen-bond acceptors (Lipinski definition) is 3. The van der Waals surface area contributed by atoms with Gasteiger partial charge in [0.1, 0.15) is 0 Å². The first-order chi connectivity index (χ1) is 6.68. The normalized spacial score (nSPS) is 35.2. The molecule has 0 bridgehead atoms. The molecule has 2 saturated heterocycles. The van der Waals surface area contributed by atoms with E-state index in [1.54, 1.807) is 0 Å². The molecule has 80 valence electrons. The van der Waals surface area contributed by atoms with Crippen LogP contribution in [0.3, 0.4) is 0 Å². The zero-order valence-corrected chi connectivity index (χ0v) is 8.70. The molecule has 0 aromatic carbocycles. The number of piperidine rings is 1. The van der Waals surface area contributed by atoms with Gasteiger partial charge in [-0.2, -0.15) is 0 Å². The fourth-order valence-corrected chi connectivity index (χ4v) is 2.38. The monoisotopic (exact) mass is 197 g/mol. The second-order valence-corrected chi connectivity index (χ2v) is 4.53. The third-order valence-corrected chi connectivity index (χ3v) is 3.56. The number of primary amides is 1. The highest BCUT2D eigenvalue weighted by molar-refractivity contribution is 5.77. The van der Waals surface area contributed by atoms with Crippen molar-refractivity contribution in [1.29, 1.82) is 0 Å². The van der Waals surface area contributed by atoms with E-state index in [4.69, 9.17) is 5.73 Å². The highest BCUT2D eigenvalue weighted by Gasteiger charge is 2.34. The molecular weight excluding hydrogens is 178 g/mol. The number of hydrogen-bond donors (Lipinski definition) is 2. The maximum absolute atomic E-state index is 11.1. The van der Waals surface area contributed by atoms with E-state index in [0.29, 0.717) is 12.1 Å². The van der Waals surface area contributed by atoms with E-state index in [1.165, 1.54) is 0 Å². The molecule has 2 aliphatic rings. The van der Waals surface area contributed by atoms with Crippen molar-refractivity contribution >= 4 is 5.91 Å². The van der Waals surface area contributed by atoms with E-state index in [0.717, 1.165) is 32.5 Å². The van der Waals surface area contributed by atoms with Gasteiger partial charge in [-0.15, -0.1) is 0 Å². The van der Waals surface area contributed by atoms with E-state index in [9.17, 15) is 4.79 Å². The summed E-state index contributed by atoms with van der Waals surface area (Å²) in [6.07, 6.45) is 2.07. The van der Waals surface area contributed by atoms with Crippen LogP contribution in [0.15, 0.2) is 0 Å². The molecular formula is C10H19N3O. The third kappa shape index (κ3) is 1.77. The molecule has 2 fully saturated rings. The standard InChI is InChI=1S/C10H19N3O/c1-7-2-3-8(10(11)14)6-13(7)9-4-12-5-9/h7-9,12H,2-6H2,1H3,(H2,11,14). The van der Waals surface area contributed by atoms with Crippen LogP contribution in [0.1, 0.15) is 19.8 Å². The first kappa shape index (κ1) is 9.93. The zero-order chi connectivity index (χ0) is 10.1. The molecule has 1 amide bonds. The molecule has 2 rings (SSSR count). The van der Waals surface area contributed by atoms with Crippen LogP contribution in [-0.4, -0.2) is 42.5 Å². The Morgan fingerprint density at radius 2 is 2.14 bits per heavy atom. The molecule has 2 aliphatic heterocycles. The van der Waals surface area contributed by atoms with E-state index >= 15 is 0 Å². The second-order valence-electron chi connectivity index (χ2n) is 4.53. The SMILES string of the molecule is CC1CCC(C(N)=O)CN1C1CNC1. The first-order valence-corrected chi connectivity index (χ1v) is 5.44. The number of amides is 1. The van der Waals surface area contributed by atoms with Crippen molar-refractivity contribution in [2.45, 2.75) is 31.8 Å². The lowest BCUT2D eigenvalue weighted by Crippen LogP contribution is -2.62. The summed E-state index contributed by atoms with van der Waals surface area (Å²) >= 11 is 0. The van der Waals surface area contributed by atoms with Gasteiger partial charge in [0, 0.05) is 31.7 Å². The number of carbonyl (C=O) groups is 1. The van der Waals surface area contributed by atoms with Crippen LogP contribution in [0, 0.1) is 5.92 Å². The van der Waals surface area contributed by atoms with Crippen LogP contribution in [-0.2, 0) is 4.79 Å². The number of rotatable bonds is 2. The molecule has 3 N–H and O–H groups in total. The average Bonchev–Trinajstić information content (AvgIpc) is 2.05. The highest BCUT2D eigenvalue weighted by atomic mass is 16.1. The van der Waals surface area contributed by atoms with E-state index in [2.05, 4.69) is 17.1 Å². The van der Waals surface area contributed by atoms with Gasteiger partial charge in [-0.3, -0.25) is 9.69 Å². The van der Waals surface area contributed by atoms with Crippen molar-refractivity contribution in [1.82, 2.24) is 10.2 Å². The Balaban J connectivity index is 1.95. The quantitative estimate of drug-likeness (QED) is 0.630. The summed E-state index contributed by atoms with van der Waals surface area (Å²) in [6.45, 7) is 5.24. The Hall–Kier alpha value is -0.610. The predicted molar refractivity (Wildman–Crippen MR) is 54.7 cm³/mol. The molecule has 0 radical (unpaired) electrons. The largest absolute Gasteiger partial charge is 0.369 e. The minimum atomic E-state index is -0.130. The fraction of sp³-hybridized carbons (Fsp3) is 0.900. The maximum Gasteiger partial charge on any atom is 0.221 e. The van der Waals surface area contributed by atoms with Crippen molar-refractivity contribution in [3.8, 4) is 0 Å². The highest BCUT2D eigenvalue weighted by Crippen LogP contribution is 2.24. The minimum Gasteiger partial charge on any atom is -0.369 e. The Labute approximate surface area is 84.8 Å². The van der Waals surface area contributed by atoms with Crippen LogP contribution in [0.5, 0.6) is 0 Å². The smallest absolute Gasteiger partial charge is 0.221 e. The van der Waals surface area contributed by atoms with Crippen LogP contribution >= 0.6 is 0 Å². The summed E-state index contributed by atoms with van der Waals surface area (Å²) < 4.78 is 0. The topological polar surface area (TPSA) is 58.4 Å². The number of nitrogens with zero attached hydrogens (tertiary/aromatic N) is 1. The van der Waals surface area contributed by atoms with Crippen LogP contribution < -0.4 is 11.1 Å². The molecule has 2 atom stereocenters. The number of likely N-dealkylation sites (tertiary alicyclic amines) is 1. The lowest BCUT2D eigenvalue weighted by atomic mass is 9.90. The molecule has 14 heavy (non-hydrogen) atoms. The van der Waals surface area contributed by atoms with Crippen molar-refractivity contribution in [2.75, 3.05) is 19.6 Å². The Morgan fingerprint density at radius 3 is 2.64 bits per heavy atom. The lowest BCUT2D eigenvalue weighted by molar-refractivity contribution is -0.124. The molecule has 0 aromatic heterocycles. The van der Waals surface area contributed by atoms with Crippen molar-refractivity contribution < 1.29 is 4.79 Å². The van der Waals surface area contributed by atoms with Gasteiger partial charge in [0.05, 0.1) is 5.92 Å². The zero-order valence-electron chi connectivity index (χ0n) is 8.70. The van der Waals surface area contributed by atoms with Crippen molar-refractivity contribution in [3.05, 3.63) is 0 Å². The van der Waals surface area contributed by atoms with E-state index in [1.807, 2.05) is 0 Å². The van der Waals surface area contributed by atoms with Gasteiger partial charge in [0.25, 0.3) is 0 Å². The predicted octanol–water partition coefficient (Wildman–Crippen LogP) is -0.456. The van der Waals surface area contributed by atoms with Gasteiger partial charge < -0.3 is 11.1 Å². The van der Waals surface area contributed by atoms with Gasteiger partial charge >= 0.3 is 0 Å². The van der Waals surface area contributed by atoms with E-state index in [-0.39, 0.29) is 11.8 Å². The Kier molecular flexibility index (Phi) is 2.74. The number of nitrogens with one attached hydrogen (secondary N) is 1. The lowest BCUT2D eigenvalue weighted by Gasteiger charge is -2.46. The molecule has 2 heterocycles. The first-order valence-electron chi connectivity index (χ1n) is 5.44. The van der Waals surface area contributed by atoms with Crippen LogP contribution in [0.25, 0.3) is 0 Å². The molecule has 4 nitrogen and oxygen atoms in total. The fourth-order valence-electron chi connectivity index (χ4n) is 2.38. The maximum atomic E-state index is 11.1. The summed E-state index contributed by atoms with van der Waals surface area (Å²) in [5.74, 6) is -0.0546. The van der Waals surface area contributed by atoms with Gasteiger partial charge in [-0.1, -0.05) is 0 Å². The summed E-state index contributed by atoms with van der Waals surface area (Å²) in [7, 11) is 0. The van der Waals surface area contributed by atoms with Gasteiger partial charge in [-0.25, -0.2) is 0 Å². The molecule has 4 heteroatoms. The summed E-state index contributed by atoms with van der Waals surface area (Å²) in [5, 5.41) is 3.27. The van der Waals surface area contributed by atoms with Gasteiger partial charge in [-0.05, 0) is 19.8 Å². The molecule has 0 aromatic rings. The van der Waals surface area contributed by atoms with Gasteiger partial charge in [0.15, 0.2) is 0 Å². The Bertz CT molecular complexity index is 225. The van der Waals surface area contributed by atoms with Crippen LogP contribution in [0.4, 0.5) is 0 Å². The minimum absolute atomic E-state index is 0.0757. The molecule has 0 aliphatic carbocycles. The molecule has 0 spiro atoms. The molecule has 0 saturated carbocycles. The molecule has 2 unspecified atom stereocenters. The Morgan fingerprint density at radius 1 is 1.43 bits per heavy atom. The summed E-state index contributed by atoms with van der Waals surface area (Å²) in [4.78, 5) is 13.6. The number of carbonyl (C=O) groups excluding carboxylic acids is 1. The third-order valence-electron chi connectivity index (χ3n) is 3.56. The number of nitrogens with two attached hydrogens (primary N) is 1. The van der Waals surface area contributed by atoms with Crippen LogP contribution in [0.2, 0.25) is 0 Å². The average molecular weight is 197 g/mol.